The van der Waals surface area contributed by atoms with Gasteiger partial charge < -0.3 is 9.73 Å². The molecule has 3 rings (SSSR count). The molecule has 0 aliphatic heterocycles. The Labute approximate surface area is 135 Å². The average molecular weight is 337 g/mol. The predicted molar refractivity (Wildman–Crippen MR) is 85.6 cm³/mol. The van der Waals surface area contributed by atoms with Crippen molar-refractivity contribution in [1.29, 1.82) is 0 Å². The number of fused-ring (bicyclic) bond motifs is 1. The summed E-state index contributed by atoms with van der Waals surface area (Å²) in [5, 5.41) is 3.53. The van der Waals surface area contributed by atoms with Crippen molar-refractivity contribution in [2.75, 3.05) is 5.32 Å². The van der Waals surface area contributed by atoms with Crippen molar-refractivity contribution in [3.8, 4) is 0 Å². The van der Waals surface area contributed by atoms with Crippen molar-refractivity contribution in [3.05, 3.63) is 63.1 Å². The molecule has 0 radical (unpaired) electrons. The van der Waals surface area contributed by atoms with E-state index in [9.17, 15) is 9.59 Å². The molecule has 0 aliphatic carbocycles. The van der Waals surface area contributed by atoms with Crippen molar-refractivity contribution in [2.45, 2.75) is 6.54 Å². The number of nitrogens with one attached hydrogen (secondary N) is 1. The van der Waals surface area contributed by atoms with Gasteiger partial charge in [-0.2, -0.15) is 0 Å². The fourth-order valence-electron chi connectivity index (χ4n) is 2.09. The third kappa shape index (κ3) is 2.86. The standard InChI is InChI=1S/C15H10Cl2N2O3/c16-9-5-6-12-13(7-9)22-15(21)19(12)8-14(20)18-11-4-2-1-3-10(11)17/h1-7H,8H2,(H,18,20). The summed E-state index contributed by atoms with van der Waals surface area (Å²) in [7, 11) is 0. The highest BCUT2D eigenvalue weighted by Gasteiger charge is 2.13. The van der Waals surface area contributed by atoms with E-state index in [1.807, 2.05) is 0 Å². The molecule has 0 aliphatic rings. The predicted octanol–water partition coefficient (Wildman–Crippen LogP) is 3.54. The number of aromatic nitrogens is 1. The highest BCUT2D eigenvalue weighted by Crippen LogP contribution is 2.21. The Hall–Kier alpha value is -2.24. The summed E-state index contributed by atoms with van der Waals surface area (Å²) in [5.74, 6) is -1.00. The SMILES string of the molecule is O=C(Cn1c(=O)oc2cc(Cl)ccc21)Nc1ccccc1Cl. The van der Waals surface area contributed by atoms with E-state index in [1.54, 1.807) is 36.4 Å². The normalized spacial score (nSPS) is 10.8. The fraction of sp³-hybridized carbons (Fsp3) is 0.0667. The maximum Gasteiger partial charge on any atom is 0.420 e. The van der Waals surface area contributed by atoms with Crippen molar-refractivity contribution < 1.29 is 9.21 Å². The number of benzene rings is 2. The van der Waals surface area contributed by atoms with Crippen LogP contribution in [0.3, 0.4) is 0 Å². The van der Waals surface area contributed by atoms with Gasteiger partial charge in [-0.1, -0.05) is 35.3 Å². The van der Waals surface area contributed by atoms with Crippen molar-refractivity contribution in [3.63, 3.8) is 0 Å². The summed E-state index contributed by atoms with van der Waals surface area (Å²) >= 11 is 11.8. The van der Waals surface area contributed by atoms with Crippen LogP contribution in [0.1, 0.15) is 0 Å². The van der Waals surface area contributed by atoms with E-state index in [1.165, 1.54) is 10.6 Å². The summed E-state index contributed by atoms with van der Waals surface area (Å²) in [6, 6.07) is 11.6. The molecule has 0 saturated carbocycles. The van der Waals surface area contributed by atoms with E-state index in [0.29, 0.717) is 26.8 Å². The minimum absolute atomic E-state index is 0.182. The number of hydrogen-bond acceptors (Lipinski definition) is 3. The van der Waals surface area contributed by atoms with Gasteiger partial charge in [0.15, 0.2) is 5.58 Å². The monoisotopic (exact) mass is 336 g/mol. The van der Waals surface area contributed by atoms with Gasteiger partial charge in [-0.15, -0.1) is 0 Å². The molecule has 1 amide bonds. The number of amides is 1. The van der Waals surface area contributed by atoms with Crippen LogP contribution < -0.4 is 11.1 Å². The molecular weight excluding hydrogens is 327 g/mol. The van der Waals surface area contributed by atoms with Crippen molar-refractivity contribution in [2.24, 2.45) is 0 Å². The number of hydrogen-bond donors (Lipinski definition) is 1. The Bertz CT molecular complexity index is 915. The van der Waals surface area contributed by atoms with Crippen LogP contribution in [0.25, 0.3) is 11.1 Å². The lowest BCUT2D eigenvalue weighted by molar-refractivity contribution is -0.116. The number of para-hydroxylation sites is 1. The third-order valence-corrected chi connectivity index (χ3v) is 3.64. The lowest BCUT2D eigenvalue weighted by Crippen LogP contribution is -2.24. The van der Waals surface area contributed by atoms with Gasteiger partial charge in [0.25, 0.3) is 0 Å². The van der Waals surface area contributed by atoms with Gasteiger partial charge in [0.2, 0.25) is 5.91 Å². The minimum atomic E-state index is -0.619. The second-order valence-corrected chi connectivity index (χ2v) is 5.44. The van der Waals surface area contributed by atoms with Crippen LogP contribution in [-0.4, -0.2) is 10.5 Å². The van der Waals surface area contributed by atoms with Crippen molar-refractivity contribution >= 4 is 45.9 Å². The van der Waals surface area contributed by atoms with Crippen LogP contribution >= 0.6 is 23.2 Å². The first-order chi connectivity index (χ1) is 10.5. The number of oxazole rings is 1. The van der Waals surface area contributed by atoms with Gasteiger partial charge in [-0.3, -0.25) is 9.36 Å². The Morgan fingerprint density at radius 3 is 2.73 bits per heavy atom. The summed E-state index contributed by atoms with van der Waals surface area (Å²) in [4.78, 5) is 23.9. The number of rotatable bonds is 3. The van der Waals surface area contributed by atoms with Crippen LogP contribution in [0.15, 0.2) is 51.7 Å². The molecule has 1 aromatic heterocycles. The zero-order valence-corrected chi connectivity index (χ0v) is 12.7. The van der Waals surface area contributed by atoms with Gasteiger partial charge >= 0.3 is 5.76 Å². The van der Waals surface area contributed by atoms with Gasteiger partial charge in [-0.25, -0.2) is 4.79 Å². The van der Waals surface area contributed by atoms with E-state index in [2.05, 4.69) is 5.32 Å². The highest BCUT2D eigenvalue weighted by molar-refractivity contribution is 6.33. The van der Waals surface area contributed by atoms with Crippen LogP contribution in [-0.2, 0) is 11.3 Å². The molecule has 0 spiro atoms. The number of nitrogens with zero attached hydrogens (tertiary/aromatic N) is 1. The van der Waals surface area contributed by atoms with E-state index >= 15 is 0 Å². The van der Waals surface area contributed by atoms with Gasteiger partial charge in [-0.05, 0) is 24.3 Å². The molecule has 7 heteroatoms. The maximum atomic E-state index is 12.1. The topological polar surface area (TPSA) is 64.2 Å². The van der Waals surface area contributed by atoms with Gasteiger partial charge in [0.05, 0.1) is 16.2 Å². The van der Waals surface area contributed by atoms with Crippen molar-refractivity contribution in [1.82, 2.24) is 4.57 Å². The molecule has 1 heterocycles. The Balaban J connectivity index is 1.87. The Morgan fingerprint density at radius 1 is 1.18 bits per heavy atom. The number of carbonyl (C=O) groups is 1. The van der Waals surface area contributed by atoms with Gasteiger partial charge in [0, 0.05) is 11.1 Å². The van der Waals surface area contributed by atoms with Crippen LogP contribution in [0.4, 0.5) is 5.69 Å². The zero-order chi connectivity index (χ0) is 15.7. The summed E-state index contributed by atoms with van der Waals surface area (Å²) in [5.41, 5.74) is 1.32. The average Bonchev–Trinajstić information content (AvgIpc) is 2.77. The smallest absolute Gasteiger partial charge is 0.408 e. The first-order valence-corrected chi connectivity index (χ1v) is 7.13. The fourth-order valence-corrected chi connectivity index (χ4v) is 2.43. The molecule has 0 saturated heterocycles. The molecule has 0 unspecified atom stereocenters. The van der Waals surface area contributed by atoms with E-state index in [4.69, 9.17) is 27.6 Å². The van der Waals surface area contributed by atoms with Crippen LogP contribution in [0, 0.1) is 0 Å². The molecule has 0 atom stereocenters. The summed E-state index contributed by atoms with van der Waals surface area (Å²) in [6.07, 6.45) is 0. The van der Waals surface area contributed by atoms with Crippen LogP contribution in [0.5, 0.6) is 0 Å². The minimum Gasteiger partial charge on any atom is -0.408 e. The first-order valence-electron chi connectivity index (χ1n) is 6.38. The van der Waals surface area contributed by atoms with E-state index in [0.717, 1.165) is 0 Å². The molecule has 2 aromatic carbocycles. The number of carbonyl (C=O) groups excluding carboxylic acids is 1. The lowest BCUT2D eigenvalue weighted by atomic mass is 10.3. The second-order valence-electron chi connectivity index (χ2n) is 4.59. The molecule has 5 nitrogen and oxygen atoms in total. The summed E-state index contributed by atoms with van der Waals surface area (Å²) in [6.45, 7) is -0.182. The van der Waals surface area contributed by atoms with E-state index in [-0.39, 0.29) is 12.5 Å². The van der Waals surface area contributed by atoms with E-state index < -0.39 is 5.76 Å². The number of halogens is 2. The van der Waals surface area contributed by atoms with Gasteiger partial charge in [0.1, 0.15) is 6.54 Å². The maximum absolute atomic E-state index is 12.1. The first kappa shape index (κ1) is 14.7. The largest absolute Gasteiger partial charge is 0.420 e. The zero-order valence-electron chi connectivity index (χ0n) is 11.2. The highest BCUT2D eigenvalue weighted by atomic mass is 35.5. The summed E-state index contributed by atoms with van der Waals surface area (Å²) < 4.78 is 6.31. The molecule has 3 aromatic rings. The third-order valence-electron chi connectivity index (χ3n) is 3.08. The molecule has 22 heavy (non-hydrogen) atoms. The molecular formula is C15H10Cl2N2O3. The molecule has 112 valence electrons. The quantitative estimate of drug-likeness (QED) is 0.795. The van der Waals surface area contributed by atoms with Crippen LogP contribution in [0.2, 0.25) is 10.0 Å². The Morgan fingerprint density at radius 2 is 1.95 bits per heavy atom. The molecule has 1 N–H and O–H groups in total. The Kier molecular flexibility index (Phi) is 3.92. The molecule has 0 fully saturated rings. The second kappa shape index (κ2) is 5.87. The molecule has 0 bridgehead atoms. The number of anilines is 1. The lowest BCUT2D eigenvalue weighted by Gasteiger charge is -2.07.